The molecule has 0 bridgehead atoms. The van der Waals surface area contributed by atoms with Gasteiger partial charge in [-0.15, -0.1) is 11.3 Å². The molecule has 3 aromatic heterocycles. The Morgan fingerprint density at radius 3 is 2.57 bits per heavy atom. The highest BCUT2D eigenvalue weighted by atomic mass is 32.1. The fourth-order valence-electron chi connectivity index (χ4n) is 5.94. The van der Waals surface area contributed by atoms with Crippen LogP contribution in [0.4, 0.5) is 11.8 Å². The summed E-state index contributed by atoms with van der Waals surface area (Å²) in [6.07, 6.45) is 10.5. The van der Waals surface area contributed by atoms with Crippen molar-refractivity contribution in [3.05, 3.63) is 23.7 Å². The first-order valence-electron chi connectivity index (χ1n) is 13.6. The van der Waals surface area contributed by atoms with Gasteiger partial charge >= 0.3 is 0 Å². The first kappa shape index (κ1) is 26.3. The number of hydrogen-bond acceptors (Lipinski definition) is 9. The summed E-state index contributed by atoms with van der Waals surface area (Å²) in [5.74, 6) is 1.68. The van der Waals surface area contributed by atoms with Gasteiger partial charge in [0, 0.05) is 25.9 Å². The second-order valence-corrected chi connectivity index (χ2v) is 12.5. The van der Waals surface area contributed by atoms with E-state index in [4.69, 9.17) is 19.7 Å². The number of nitrogens with zero attached hydrogens (tertiary/aromatic N) is 4. The van der Waals surface area contributed by atoms with Crippen molar-refractivity contribution >= 4 is 33.3 Å². The summed E-state index contributed by atoms with van der Waals surface area (Å²) < 4.78 is 7.09. The number of rotatable bonds is 8. The predicted octanol–water partition coefficient (Wildman–Crippen LogP) is 5.88. The van der Waals surface area contributed by atoms with E-state index in [-0.39, 0.29) is 17.6 Å². The number of pyridine rings is 1. The van der Waals surface area contributed by atoms with Crippen LogP contribution in [0, 0.1) is 19.8 Å². The number of fused-ring (bicyclic) bond motifs is 1. The minimum absolute atomic E-state index is 0.162. The number of anilines is 2. The molecule has 2 fully saturated rings. The zero-order valence-corrected chi connectivity index (χ0v) is 23.5. The van der Waals surface area contributed by atoms with Crippen LogP contribution in [0.3, 0.4) is 0 Å². The quantitative estimate of drug-likeness (QED) is 0.336. The summed E-state index contributed by atoms with van der Waals surface area (Å²) in [6, 6.07) is 2.25. The molecule has 0 saturated heterocycles. The third kappa shape index (κ3) is 5.59. The second kappa shape index (κ2) is 10.4. The molecule has 0 amide bonds. The van der Waals surface area contributed by atoms with E-state index in [1.54, 1.807) is 11.3 Å². The number of nitrogens with one attached hydrogen (secondary N) is 2. The summed E-state index contributed by atoms with van der Waals surface area (Å²) in [4.78, 5) is 19.3. The van der Waals surface area contributed by atoms with E-state index >= 15 is 0 Å². The summed E-state index contributed by atoms with van der Waals surface area (Å²) in [5, 5.41) is 18.7. The molecule has 3 N–H and O–H groups in total. The van der Waals surface area contributed by atoms with Crippen LogP contribution in [0.2, 0.25) is 0 Å². The Bertz CT molecular complexity index is 1250. The van der Waals surface area contributed by atoms with Crippen molar-refractivity contribution in [2.75, 3.05) is 24.3 Å². The predicted molar refractivity (Wildman–Crippen MR) is 150 cm³/mol. The van der Waals surface area contributed by atoms with Crippen molar-refractivity contribution in [1.82, 2.24) is 19.9 Å². The van der Waals surface area contributed by atoms with Crippen molar-refractivity contribution in [1.29, 1.82) is 0 Å². The van der Waals surface area contributed by atoms with Gasteiger partial charge in [0.2, 0.25) is 5.95 Å². The Hall–Kier alpha value is -2.36. The molecule has 2 aliphatic carbocycles. The monoisotopic (exact) mass is 524 g/mol. The topological polar surface area (TPSA) is 105 Å². The molecule has 37 heavy (non-hydrogen) atoms. The van der Waals surface area contributed by atoms with Crippen LogP contribution in [-0.4, -0.2) is 55.9 Å². The summed E-state index contributed by atoms with van der Waals surface area (Å²) in [7, 11) is 1.82. The van der Waals surface area contributed by atoms with Crippen molar-refractivity contribution in [2.24, 2.45) is 5.92 Å². The van der Waals surface area contributed by atoms with E-state index in [0.717, 1.165) is 70.1 Å². The van der Waals surface area contributed by atoms with Gasteiger partial charge in [0.1, 0.15) is 16.3 Å². The first-order chi connectivity index (χ1) is 17.7. The average Bonchev–Trinajstić information content (AvgIpc) is 3.51. The lowest BCUT2D eigenvalue weighted by Crippen LogP contribution is -2.41. The van der Waals surface area contributed by atoms with Crippen molar-refractivity contribution in [3.8, 4) is 10.6 Å². The number of hydrogen-bond donors (Lipinski definition) is 3. The van der Waals surface area contributed by atoms with E-state index in [1.165, 1.54) is 19.3 Å². The Labute approximate surface area is 223 Å². The molecule has 3 heterocycles. The zero-order chi connectivity index (χ0) is 26.2. The highest BCUT2D eigenvalue weighted by Gasteiger charge is 2.36. The third-order valence-corrected chi connectivity index (χ3v) is 9.37. The van der Waals surface area contributed by atoms with E-state index in [2.05, 4.69) is 15.6 Å². The highest BCUT2D eigenvalue weighted by molar-refractivity contribution is 7.21. The number of aryl methyl sites for hydroxylation is 2. The van der Waals surface area contributed by atoms with E-state index in [1.807, 2.05) is 47.1 Å². The summed E-state index contributed by atoms with van der Waals surface area (Å²) in [5.41, 5.74) is 2.84. The summed E-state index contributed by atoms with van der Waals surface area (Å²) in [6.45, 7) is 8.55. The molecule has 0 aliphatic heterocycles. The second-order valence-electron chi connectivity index (χ2n) is 11.4. The van der Waals surface area contributed by atoms with Crippen LogP contribution in [0.25, 0.3) is 20.8 Å². The fraction of sp³-hybridized carbons (Fsp3) is 0.643. The maximum Gasteiger partial charge on any atom is 0.225 e. The molecular weight excluding hydrogens is 484 g/mol. The maximum atomic E-state index is 10.6. The van der Waals surface area contributed by atoms with Crippen LogP contribution < -0.4 is 10.6 Å². The van der Waals surface area contributed by atoms with Crippen LogP contribution in [0.1, 0.15) is 76.6 Å². The normalized spacial score (nSPS) is 21.9. The number of aromatic nitrogens is 4. The molecule has 3 aromatic rings. The zero-order valence-electron chi connectivity index (χ0n) is 22.7. The Kier molecular flexibility index (Phi) is 7.40. The van der Waals surface area contributed by atoms with Gasteiger partial charge in [0.15, 0.2) is 0 Å². The van der Waals surface area contributed by atoms with Gasteiger partial charge in [-0.05, 0) is 71.8 Å². The molecule has 0 unspecified atom stereocenters. The maximum absolute atomic E-state index is 10.6. The van der Waals surface area contributed by atoms with Crippen molar-refractivity contribution in [3.63, 3.8) is 0 Å². The van der Waals surface area contributed by atoms with Crippen LogP contribution in [0.15, 0.2) is 12.3 Å². The average molecular weight is 525 g/mol. The van der Waals surface area contributed by atoms with Gasteiger partial charge in [-0.2, -0.15) is 4.98 Å². The van der Waals surface area contributed by atoms with Crippen LogP contribution >= 0.6 is 11.3 Å². The third-order valence-electron chi connectivity index (χ3n) is 8.33. The molecule has 0 aromatic carbocycles. The molecule has 2 saturated carbocycles. The first-order valence-corrected chi connectivity index (χ1v) is 14.4. The molecule has 8 nitrogen and oxygen atoms in total. The van der Waals surface area contributed by atoms with Gasteiger partial charge in [-0.3, -0.25) is 4.98 Å². The minimum Gasteiger partial charge on any atom is -0.390 e. The van der Waals surface area contributed by atoms with E-state index < -0.39 is 5.60 Å². The Morgan fingerprint density at radius 1 is 1.11 bits per heavy atom. The standard InChI is InChI=1S/C28H40N6O2S/c1-17-22(25-33-23-18(2)29-14-11-21(23)37-25)24(32-20-10-9-19(15-20)27(3,4)35)34-26(31-17)30-16-28(36-5)12-7-6-8-13-28/h11,14,19-20,35H,6-10,12-13,15-16H2,1-5H3,(H2,30,31,32,34)/t19-,20+/m1/s1. The molecule has 2 atom stereocenters. The smallest absolute Gasteiger partial charge is 0.225 e. The lowest BCUT2D eigenvalue weighted by atomic mass is 9.84. The minimum atomic E-state index is -0.681. The lowest BCUT2D eigenvalue weighted by Gasteiger charge is -2.36. The van der Waals surface area contributed by atoms with Crippen LogP contribution in [0.5, 0.6) is 0 Å². The van der Waals surface area contributed by atoms with Crippen LogP contribution in [-0.2, 0) is 4.74 Å². The molecule has 5 rings (SSSR count). The molecule has 200 valence electrons. The van der Waals surface area contributed by atoms with Gasteiger partial charge in [0.25, 0.3) is 0 Å². The summed E-state index contributed by atoms with van der Waals surface area (Å²) >= 11 is 1.65. The van der Waals surface area contributed by atoms with E-state index in [9.17, 15) is 5.11 Å². The molecule has 9 heteroatoms. The molecule has 2 aliphatic rings. The van der Waals surface area contributed by atoms with Gasteiger partial charge < -0.3 is 20.5 Å². The van der Waals surface area contributed by atoms with Crippen molar-refractivity contribution in [2.45, 2.75) is 96.3 Å². The van der Waals surface area contributed by atoms with E-state index in [0.29, 0.717) is 12.5 Å². The Balaban J connectivity index is 1.48. The van der Waals surface area contributed by atoms with Gasteiger partial charge in [0.05, 0.1) is 32.9 Å². The number of methoxy groups -OCH3 is 1. The van der Waals surface area contributed by atoms with Gasteiger partial charge in [-0.1, -0.05) is 19.3 Å². The molecule has 0 spiro atoms. The Morgan fingerprint density at radius 2 is 1.89 bits per heavy atom. The molecule has 0 radical (unpaired) electrons. The SMILES string of the molecule is COC1(CNc2nc(C)c(-c3nc4c(C)nccc4s3)c(N[C@H]3CC[C@@H](C(C)(C)O)C3)n2)CCCCC1. The lowest BCUT2D eigenvalue weighted by molar-refractivity contribution is -0.0280. The van der Waals surface area contributed by atoms with Crippen molar-refractivity contribution < 1.29 is 9.84 Å². The van der Waals surface area contributed by atoms with Gasteiger partial charge in [-0.25, -0.2) is 9.97 Å². The number of thiazole rings is 1. The largest absolute Gasteiger partial charge is 0.390 e. The molecular formula is C28H40N6O2S. The fourth-order valence-corrected chi connectivity index (χ4v) is 7.05. The highest BCUT2D eigenvalue weighted by Crippen LogP contribution is 2.40. The number of aliphatic hydroxyl groups is 1. The number of ether oxygens (including phenoxy) is 1.